The summed E-state index contributed by atoms with van der Waals surface area (Å²) in [7, 11) is -0.605. The van der Waals surface area contributed by atoms with Crippen molar-refractivity contribution in [1.82, 2.24) is 4.90 Å². The van der Waals surface area contributed by atoms with Crippen LogP contribution in [0.3, 0.4) is 0 Å². The molecule has 0 aliphatic heterocycles. The van der Waals surface area contributed by atoms with Gasteiger partial charge in [-0.25, -0.2) is 4.57 Å². The number of aliphatic hydroxyl groups is 1. The fourth-order valence-corrected chi connectivity index (χ4v) is 3.37. The van der Waals surface area contributed by atoms with Crippen molar-refractivity contribution < 1.29 is 33.1 Å². The van der Waals surface area contributed by atoms with Gasteiger partial charge in [0.15, 0.2) is 0 Å². The fraction of sp³-hybridized carbons (Fsp3) is 0.950. The number of likely N-dealkylation sites (N-methyl/N-ethyl adjacent to an activating group) is 1. The SMILES string of the molecule is CCCCCCCCCCCCC(=O)OCC(O)COP(=O)(O)OCCN(C)C. The summed E-state index contributed by atoms with van der Waals surface area (Å²) in [4.78, 5) is 23.0. The van der Waals surface area contributed by atoms with Gasteiger partial charge in [-0.05, 0) is 20.5 Å². The molecule has 0 heterocycles. The number of nitrogens with zero attached hydrogens (tertiary/aromatic N) is 1. The topological polar surface area (TPSA) is 106 Å². The summed E-state index contributed by atoms with van der Waals surface area (Å²) in [5.74, 6) is -0.377. The maximum atomic E-state index is 11.7. The van der Waals surface area contributed by atoms with Crippen LogP contribution in [-0.4, -0.2) is 67.4 Å². The van der Waals surface area contributed by atoms with Gasteiger partial charge in [0, 0.05) is 13.0 Å². The van der Waals surface area contributed by atoms with Crippen molar-refractivity contribution in [3.63, 3.8) is 0 Å². The normalized spacial score (nSPS) is 14.7. The number of carbonyl (C=O) groups excluding carboxylic acids is 1. The van der Waals surface area contributed by atoms with Crippen LogP contribution in [0.2, 0.25) is 0 Å². The Bertz CT molecular complexity index is 449. The van der Waals surface area contributed by atoms with Crippen molar-refractivity contribution in [1.29, 1.82) is 0 Å². The molecular formula is C20H42NO7P. The fourth-order valence-electron chi connectivity index (χ4n) is 2.62. The minimum absolute atomic E-state index is 0.0325. The van der Waals surface area contributed by atoms with Crippen molar-refractivity contribution in [2.45, 2.75) is 83.7 Å². The molecule has 29 heavy (non-hydrogen) atoms. The molecule has 2 N–H and O–H groups in total. The van der Waals surface area contributed by atoms with E-state index in [1.807, 2.05) is 0 Å². The Morgan fingerprint density at radius 2 is 1.48 bits per heavy atom. The molecule has 0 aromatic carbocycles. The Kier molecular flexibility index (Phi) is 18.0. The van der Waals surface area contributed by atoms with Gasteiger partial charge in [-0.2, -0.15) is 0 Å². The zero-order chi connectivity index (χ0) is 22.0. The highest BCUT2D eigenvalue weighted by Crippen LogP contribution is 2.42. The van der Waals surface area contributed by atoms with Crippen LogP contribution in [0.25, 0.3) is 0 Å². The first-order chi connectivity index (χ1) is 13.8. The van der Waals surface area contributed by atoms with Crippen molar-refractivity contribution in [2.75, 3.05) is 40.5 Å². The van der Waals surface area contributed by atoms with E-state index in [1.165, 1.54) is 44.9 Å². The molecule has 8 nitrogen and oxygen atoms in total. The van der Waals surface area contributed by atoms with Crippen LogP contribution in [-0.2, 0) is 23.1 Å². The van der Waals surface area contributed by atoms with Gasteiger partial charge in [0.2, 0.25) is 0 Å². The van der Waals surface area contributed by atoms with E-state index >= 15 is 0 Å². The van der Waals surface area contributed by atoms with E-state index in [9.17, 15) is 19.4 Å². The minimum Gasteiger partial charge on any atom is -0.463 e. The second kappa shape index (κ2) is 18.3. The third-order valence-corrected chi connectivity index (χ3v) is 5.38. The largest absolute Gasteiger partial charge is 0.472 e. The second-order valence-corrected chi connectivity index (χ2v) is 9.12. The summed E-state index contributed by atoms with van der Waals surface area (Å²) >= 11 is 0. The number of rotatable bonds is 20. The van der Waals surface area contributed by atoms with Gasteiger partial charge in [0.25, 0.3) is 0 Å². The molecule has 0 bridgehead atoms. The van der Waals surface area contributed by atoms with Crippen molar-refractivity contribution in [3.05, 3.63) is 0 Å². The van der Waals surface area contributed by atoms with Crippen LogP contribution < -0.4 is 0 Å². The number of unbranched alkanes of at least 4 members (excludes halogenated alkanes) is 9. The number of hydrogen-bond donors (Lipinski definition) is 2. The first-order valence-electron chi connectivity index (χ1n) is 10.9. The molecule has 0 fully saturated rings. The number of hydrogen-bond acceptors (Lipinski definition) is 7. The Hall–Kier alpha value is -0.500. The Labute approximate surface area is 176 Å². The Morgan fingerprint density at radius 1 is 0.931 bits per heavy atom. The standard InChI is InChI=1S/C20H42NO7P/c1-4-5-6-7-8-9-10-11-12-13-14-20(23)26-17-19(22)18-28-29(24,25)27-16-15-21(2)3/h19,22H,4-18H2,1-3H3,(H,24,25). The van der Waals surface area contributed by atoms with Crippen molar-refractivity contribution in [2.24, 2.45) is 0 Å². The molecule has 0 aliphatic rings. The molecule has 9 heteroatoms. The van der Waals surface area contributed by atoms with Crippen LogP contribution in [0.15, 0.2) is 0 Å². The van der Waals surface area contributed by atoms with Crippen LogP contribution in [0.4, 0.5) is 0 Å². The first-order valence-corrected chi connectivity index (χ1v) is 12.4. The first kappa shape index (κ1) is 28.5. The molecule has 0 amide bonds. The van der Waals surface area contributed by atoms with Gasteiger partial charge in [0.1, 0.15) is 12.7 Å². The van der Waals surface area contributed by atoms with E-state index in [0.29, 0.717) is 13.0 Å². The molecule has 174 valence electrons. The molecule has 2 atom stereocenters. The molecular weight excluding hydrogens is 397 g/mol. The highest BCUT2D eigenvalue weighted by atomic mass is 31.2. The number of phosphoric acid groups is 1. The van der Waals surface area contributed by atoms with Crippen LogP contribution >= 0.6 is 7.82 Å². The Morgan fingerprint density at radius 3 is 2.03 bits per heavy atom. The lowest BCUT2D eigenvalue weighted by Crippen LogP contribution is -2.24. The lowest BCUT2D eigenvalue weighted by molar-refractivity contribution is -0.147. The average Bonchev–Trinajstić information content (AvgIpc) is 2.65. The predicted molar refractivity (Wildman–Crippen MR) is 114 cm³/mol. The third-order valence-electron chi connectivity index (χ3n) is 4.39. The monoisotopic (exact) mass is 439 g/mol. The molecule has 0 aromatic heterocycles. The van der Waals surface area contributed by atoms with Crippen LogP contribution in [0.5, 0.6) is 0 Å². The molecule has 0 spiro atoms. The summed E-state index contributed by atoms with van der Waals surface area (Å²) in [6.45, 7) is 2.00. The van der Waals surface area contributed by atoms with Gasteiger partial charge < -0.3 is 19.6 Å². The third kappa shape index (κ3) is 20.5. The van der Waals surface area contributed by atoms with E-state index < -0.39 is 20.5 Å². The minimum atomic E-state index is -4.22. The number of phosphoric ester groups is 1. The van der Waals surface area contributed by atoms with Crippen LogP contribution in [0, 0.1) is 0 Å². The molecule has 2 unspecified atom stereocenters. The smallest absolute Gasteiger partial charge is 0.463 e. The number of ether oxygens (including phenoxy) is 1. The quantitative estimate of drug-likeness (QED) is 0.167. The van der Waals surface area contributed by atoms with Gasteiger partial charge in [-0.15, -0.1) is 0 Å². The maximum absolute atomic E-state index is 11.7. The van der Waals surface area contributed by atoms with Crippen LogP contribution in [0.1, 0.15) is 77.6 Å². The van der Waals surface area contributed by atoms with Crippen molar-refractivity contribution >= 4 is 13.8 Å². The number of carbonyl (C=O) groups is 1. The molecule has 0 saturated heterocycles. The molecule has 0 rings (SSSR count). The van der Waals surface area contributed by atoms with Gasteiger partial charge in [0.05, 0.1) is 13.2 Å². The van der Waals surface area contributed by atoms with Gasteiger partial charge >= 0.3 is 13.8 Å². The van der Waals surface area contributed by atoms with E-state index in [0.717, 1.165) is 19.3 Å². The molecule has 0 saturated carbocycles. The number of aliphatic hydroxyl groups excluding tert-OH is 1. The van der Waals surface area contributed by atoms with E-state index in [2.05, 4.69) is 6.92 Å². The molecule has 0 aliphatic carbocycles. The summed E-state index contributed by atoms with van der Waals surface area (Å²) in [5.41, 5.74) is 0. The summed E-state index contributed by atoms with van der Waals surface area (Å²) in [6, 6.07) is 0. The number of esters is 1. The van der Waals surface area contributed by atoms with Gasteiger partial charge in [-0.3, -0.25) is 13.8 Å². The highest BCUT2D eigenvalue weighted by Gasteiger charge is 2.23. The summed E-state index contributed by atoms with van der Waals surface area (Å²) < 4.78 is 26.1. The molecule has 0 aromatic rings. The zero-order valence-corrected chi connectivity index (χ0v) is 19.4. The zero-order valence-electron chi connectivity index (χ0n) is 18.5. The van der Waals surface area contributed by atoms with Gasteiger partial charge in [-0.1, -0.05) is 64.7 Å². The summed E-state index contributed by atoms with van der Waals surface area (Å²) in [5, 5.41) is 9.72. The average molecular weight is 440 g/mol. The highest BCUT2D eigenvalue weighted by molar-refractivity contribution is 7.47. The van der Waals surface area contributed by atoms with E-state index in [1.54, 1.807) is 19.0 Å². The Balaban J connectivity index is 3.60. The second-order valence-electron chi connectivity index (χ2n) is 7.67. The molecule has 0 radical (unpaired) electrons. The lowest BCUT2D eigenvalue weighted by atomic mass is 10.1. The maximum Gasteiger partial charge on any atom is 0.472 e. The predicted octanol–water partition coefficient (Wildman–Crippen LogP) is 3.90. The van der Waals surface area contributed by atoms with Crippen molar-refractivity contribution in [3.8, 4) is 0 Å². The van der Waals surface area contributed by atoms with E-state index in [-0.39, 0.29) is 19.2 Å². The van der Waals surface area contributed by atoms with E-state index in [4.69, 9.17) is 13.8 Å². The lowest BCUT2D eigenvalue weighted by Gasteiger charge is -2.16. The summed E-state index contributed by atoms with van der Waals surface area (Å²) in [6.07, 6.45) is 11.0.